The number of benzene rings is 1. The number of ether oxygens (including phenoxy) is 1. The molecule has 1 aromatic heterocycles. The zero-order chi connectivity index (χ0) is 17.4. The molecule has 2 aromatic rings. The normalized spacial score (nSPS) is 27.7. The highest BCUT2D eigenvalue weighted by molar-refractivity contribution is 7.22. The minimum atomic E-state index is 0.0678. The molecule has 1 aromatic carbocycles. The van der Waals surface area contributed by atoms with Crippen LogP contribution < -0.4 is 4.90 Å². The van der Waals surface area contributed by atoms with Crippen molar-refractivity contribution in [1.82, 2.24) is 9.88 Å². The quantitative estimate of drug-likeness (QED) is 0.826. The van der Waals surface area contributed by atoms with Crippen LogP contribution in [0.15, 0.2) is 24.3 Å². The summed E-state index contributed by atoms with van der Waals surface area (Å²) in [5, 5.41) is 1.04. The van der Waals surface area contributed by atoms with Gasteiger partial charge in [0.2, 0.25) is 5.91 Å². The molecule has 2 aliphatic heterocycles. The molecule has 0 spiro atoms. The van der Waals surface area contributed by atoms with Crippen molar-refractivity contribution < 1.29 is 9.53 Å². The molecule has 3 heterocycles. The zero-order valence-corrected chi connectivity index (χ0v) is 15.7. The van der Waals surface area contributed by atoms with Gasteiger partial charge in [0.1, 0.15) is 0 Å². The molecule has 25 heavy (non-hydrogen) atoms. The summed E-state index contributed by atoms with van der Waals surface area (Å²) in [7, 11) is 0. The second-order valence-corrected chi connectivity index (χ2v) is 8.26. The van der Waals surface area contributed by atoms with Gasteiger partial charge in [0.25, 0.3) is 0 Å². The maximum absolute atomic E-state index is 13.0. The summed E-state index contributed by atoms with van der Waals surface area (Å²) < 4.78 is 6.98. The molecule has 2 aliphatic rings. The van der Waals surface area contributed by atoms with Crippen LogP contribution >= 0.6 is 11.3 Å². The highest BCUT2D eigenvalue weighted by atomic mass is 32.1. The highest BCUT2D eigenvalue weighted by Crippen LogP contribution is 2.32. The first-order valence-electron chi connectivity index (χ1n) is 9.15. The molecule has 1 amide bonds. The summed E-state index contributed by atoms with van der Waals surface area (Å²) in [4.78, 5) is 22.1. The molecule has 3 atom stereocenters. The maximum atomic E-state index is 13.0. The van der Waals surface area contributed by atoms with Crippen LogP contribution in [-0.2, 0) is 9.53 Å². The van der Waals surface area contributed by atoms with Crippen LogP contribution in [0.4, 0.5) is 5.13 Å². The fourth-order valence-corrected chi connectivity index (χ4v) is 4.96. The molecule has 4 rings (SSSR count). The fourth-order valence-electron chi connectivity index (χ4n) is 3.96. The van der Waals surface area contributed by atoms with Crippen LogP contribution in [0, 0.1) is 5.92 Å². The molecule has 5 nitrogen and oxygen atoms in total. The number of aromatic nitrogens is 1. The smallest absolute Gasteiger partial charge is 0.227 e. The molecule has 2 fully saturated rings. The van der Waals surface area contributed by atoms with Crippen LogP contribution in [-0.4, -0.2) is 54.2 Å². The molecule has 2 saturated heterocycles. The van der Waals surface area contributed by atoms with E-state index in [1.165, 1.54) is 4.70 Å². The molecule has 0 aliphatic carbocycles. The summed E-state index contributed by atoms with van der Waals surface area (Å²) in [6, 6.07) is 8.24. The number of morpholine rings is 1. The molecule has 3 unspecified atom stereocenters. The van der Waals surface area contributed by atoms with Gasteiger partial charge in [0, 0.05) is 26.2 Å². The van der Waals surface area contributed by atoms with E-state index in [0.717, 1.165) is 36.6 Å². The van der Waals surface area contributed by atoms with Gasteiger partial charge in [-0.3, -0.25) is 4.79 Å². The molecular weight excluding hydrogens is 334 g/mol. The first-order chi connectivity index (χ1) is 12.1. The van der Waals surface area contributed by atoms with Crippen LogP contribution in [0.2, 0.25) is 0 Å². The lowest BCUT2D eigenvalue weighted by Gasteiger charge is -2.39. The van der Waals surface area contributed by atoms with E-state index in [4.69, 9.17) is 9.72 Å². The minimum Gasteiger partial charge on any atom is -0.372 e. The van der Waals surface area contributed by atoms with Gasteiger partial charge in [-0.25, -0.2) is 4.98 Å². The van der Waals surface area contributed by atoms with Gasteiger partial charge in [-0.15, -0.1) is 0 Å². The molecular formula is C19H25N3O2S. The third kappa shape index (κ3) is 3.51. The van der Waals surface area contributed by atoms with Crippen molar-refractivity contribution >= 4 is 32.6 Å². The van der Waals surface area contributed by atoms with Crippen molar-refractivity contribution in [2.24, 2.45) is 5.92 Å². The van der Waals surface area contributed by atoms with Crippen molar-refractivity contribution in [3.8, 4) is 0 Å². The van der Waals surface area contributed by atoms with Crippen molar-refractivity contribution in [3.05, 3.63) is 24.3 Å². The van der Waals surface area contributed by atoms with Crippen molar-refractivity contribution in [2.45, 2.75) is 38.9 Å². The average molecular weight is 359 g/mol. The number of fused-ring (bicyclic) bond motifs is 1. The Morgan fingerprint density at radius 1 is 1.20 bits per heavy atom. The SMILES string of the molecule is CC1CN(C(=O)C2CCCN(c3nc4ccccc4s3)C2)CC(C)O1. The molecule has 0 radical (unpaired) electrons. The van der Waals surface area contributed by atoms with Gasteiger partial charge >= 0.3 is 0 Å². The Labute approximate surface area is 152 Å². The minimum absolute atomic E-state index is 0.0678. The first kappa shape index (κ1) is 16.8. The van der Waals surface area contributed by atoms with E-state index in [1.807, 2.05) is 30.9 Å². The van der Waals surface area contributed by atoms with E-state index in [-0.39, 0.29) is 24.0 Å². The first-order valence-corrected chi connectivity index (χ1v) is 9.96. The molecule has 6 heteroatoms. The van der Waals surface area contributed by atoms with E-state index < -0.39 is 0 Å². The number of anilines is 1. The van der Waals surface area contributed by atoms with E-state index in [9.17, 15) is 4.79 Å². The Bertz CT molecular complexity index is 719. The zero-order valence-electron chi connectivity index (χ0n) is 14.9. The number of hydrogen-bond acceptors (Lipinski definition) is 5. The molecule has 0 bridgehead atoms. The van der Waals surface area contributed by atoms with Crippen LogP contribution in [0.5, 0.6) is 0 Å². The number of carbonyl (C=O) groups is 1. The third-order valence-corrected chi connectivity index (χ3v) is 6.15. The number of para-hydroxylation sites is 1. The van der Waals surface area contributed by atoms with Crippen LogP contribution in [0.3, 0.4) is 0 Å². The molecule has 134 valence electrons. The summed E-state index contributed by atoms with van der Waals surface area (Å²) in [5.41, 5.74) is 1.05. The van der Waals surface area contributed by atoms with Crippen molar-refractivity contribution in [1.29, 1.82) is 0 Å². The second kappa shape index (κ2) is 6.92. The summed E-state index contributed by atoms with van der Waals surface area (Å²) in [6.45, 7) is 7.27. The van der Waals surface area contributed by atoms with E-state index in [2.05, 4.69) is 17.0 Å². The summed E-state index contributed by atoms with van der Waals surface area (Å²) in [5.74, 6) is 0.353. The Balaban J connectivity index is 1.47. The topological polar surface area (TPSA) is 45.7 Å². The lowest BCUT2D eigenvalue weighted by molar-refractivity contribution is -0.147. The Morgan fingerprint density at radius 2 is 1.96 bits per heavy atom. The number of hydrogen-bond donors (Lipinski definition) is 0. The van der Waals surface area contributed by atoms with E-state index in [0.29, 0.717) is 13.1 Å². The number of carbonyl (C=O) groups excluding carboxylic acids is 1. The Hall–Kier alpha value is -1.66. The summed E-state index contributed by atoms with van der Waals surface area (Å²) >= 11 is 1.72. The number of thiazole rings is 1. The average Bonchev–Trinajstić information content (AvgIpc) is 3.04. The lowest BCUT2D eigenvalue weighted by atomic mass is 9.96. The standard InChI is InChI=1S/C19H25N3O2S/c1-13-10-22(11-14(2)24-13)18(23)15-6-5-9-21(12-15)19-20-16-7-3-4-8-17(16)25-19/h3-4,7-8,13-15H,5-6,9-12H2,1-2H3. The predicted octanol–water partition coefficient (Wildman–Crippen LogP) is 3.15. The van der Waals surface area contributed by atoms with Crippen molar-refractivity contribution in [3.63, 3.8) is 0 Å². The third-order valence-electron chi connectivity index (χ3n) is 5.06. The second-order valence-electron chi connectivity index (χ2n) is 7.25. The van der Waals surface area contributed by atoms with E-state index >= 15 is 0 Å². The molecule has 0 saturated carbocycles. The lowest BCUT2D eigenvalue weighted by Crippen LogP contribution is -2.52. The van der Waals surface area contributed by atoms with Crippen LogP contribution in [0.25, 0.3) is 10.2 Å². The monoisotopic (exact) mass is 359 g/mol. The number of piperidine rings is 1. The highest BCUT2D eigenvalue weighted by Gasteiger charge is 2.33. The van der Waals surface area contributed by atoms with Gasteiger partial charge in [0.05, 0.1) is 28.3 Å². The largest absolute Gasteiger partial charge is 0.372 e. The predicted molar refractivity (Wildman–Crippen MR) is 101 cm³/mol. The Morgan fingerprint density at radius 3 is 2.72 bits per heavy atom. The van der Waals surface area contributed by atoms with Gasteiger partial charge in [-0.1, -0.05) is 23.5 Å². The summed E-state index contributed by atoms with van der Waals surface area (Å²) in [6.07, 6.45) is 2.26. The maximum Gasteiger partial charge on any atom is 0.227 e. The Kier molecular flexibility index (Phi) is 4.65. The number of nitrogens with zero attached hydrogens (tertiary/aromatic N) is 3. The van der Waals surface area contributed by atoms with Crippen LogP contribution in [0.1, 0.15) is 26.7 Å². The fraction of sp³-hybridized carbons (Fsp3) is 0.579. The van der Waals surface area contributed by atoms with Gasteiger partial charge in [0.15, 0.2) is 5.13 Å². The number of amides is 1. The molecule has 0 N–H and O–H groups in total. The van der Waals surface area contributed by atoms with Gasteiger partial charge in [-0.05, 0) is 38.8 Å². The van der Waals surface area contributed by atoms with Gasteiger partial charge in [-0.2, -0.15) is 0 Å². The van der Waals surface area contributed by atoms with Crippen molar-refractivity contribution in [2.75, 3.05) is 31.1 Å². The van der Waals surface area contributed by atoms with Gasteiger partial charge < -0.3 is 14.5 Å². The number of rotatable bonds is 2. The van der Waals surface area contributed by atoms with E-state index in [1.54, 1.807) is 11.3 Å².